The topological polar surface area (TPSA) is 63.7 Å². The Bertz CT molecular complexity index is 1100. The Kier molecular flexibility index (Phi) is 5.21. The number of amides is 1. The standard InChI is InChI=1S/C26H31NO4S/c1-25(2)21-13-14-26(25)18-32(29,30)27(23(26)16-21)24(28)22(15-19-9-5-3-6-10-19)31-17-20-11-7-4-8-12-20/h3-12,21-23H,13-18H2,1-2H3/t21?,22-,23?,26?/m0/s1. The lowest BCUT2D eigenvalue weighted by atomic mass is 9.69. The zero-order chi connectivity index (χ0) is 22.6. The number of nitrogens with zero attached hydrogens (tertiary/aromatic N) is 1. The molecule has 170 valence electrons. The molecule has 2 bridgehead atoms. The summed E-state index contributed by atoms with van der Waals surface area (Å²) in [5.41, 5.74) is 1.52. The van der Waals surface area contributed by atoms with Crippen LogP contribution in [0.4, 0.5) is 0 Å². The Balaban J connectivity index is 1.45. The number of carbonyl (C=O) groups excluding carboxylic acids is 1. The van der Waals surface area contributed by atoms with E-state index in [-0.39, 0.29) is 29.2 Å². The minimum Gasteiger partial charge on any atom is -0.363 e. The highest BCUT2D eigenvalue weighted by atomic mass is 32.2. The van der Waals surface area contributed by atoms with Crippen LogP contribution < -0.4 is 0 Å². The van der Waals surface area contributed by atoms with Gasteiger partial charge in [-0.15, -0.1) is 0 Å². The van der Waals surface area contributed by atoms with E-state index < -0.39 is 22.0 Å². The molecule has 4 atom stereocenters. The first-order valence-corrected chi connectivity index (χ1v) is 13.1. The van der Waals surface area contributed by atoms with Crippen molar-refractivity contribution in [3.8, 4) is 0 Å². The fraction of sp³-hybridized carbons (Fsp3) is 0.500. The molecule has 1 amide bonds. The first-order valence-electron chi connectivity index (χ1n) is 11.5. The van der Waals surface area contributed by atoms with Crippen LogP contribution in [0.5, 0.6) is 0 Å². The first-order chi connectivity index (χ1) is 15.2. The van der Waals surface area contributed by atoms with Crippen LogP contribution in [0.3, 0.4) is 0 Å². The second-order valence-corrected chi connectivity index (χ2v) is 12.1. The Morgan fingerprint density at radius 2 is 1.69 bits per heavy atom. The molecule has 2 aliphatic carbocycles. The van der Waals surface area contributed by atoms with Crippen LogP contribution in [-0.4, -0.2) is 36.5 Å². The van der Waals surface area contributed by atoms with E-state index in [0.717, 1.165) is 30.4 Å². The third-order valence-electron chi connectivity index (χ3n) is 8.46. The van der Waals surface area contributed by atoms with Crippen LogP contribution >= 0.6 is 0 Å². The van der Waals surface area contributed by atoms with Gasteiger partial charge in [-0.3, -0.25) is 4.79 Å². The summed E-state index contributed by atoms with van der Waals surface area (Å²) in [6.07, 6.45) is 2.22. The summed E-state index contributed by atoms with van der Waals surface area (Å²) in [6, 6.07) is 19.1. The highest BCUT2D eigenvalue weighted by Crippen LogP contribution is 2.70. The van der Waals surface area contributed by atoms with E-state index in [4.69, 9.17) is 4.74 Å². The Hall–Kier alpha value is -2.18. The number of hydrogen-bond donors (Lipinski definition) is 0. The van der Waals surface area contributed by atoms with Crippen LogP contribution in [0.2, 0.25) is 0 Å². The molecule has 2 saturated carbocycles. The predicted molar refractivity (Wildman–Crippen MR) is 123 cm³/mol. The third kappa shape index (κ3) is 3.30. The molecule has 1 heterocycles. The molecule has 2 aromatic rings. The number of rotatable bonds is 6. The molecule has 3 unspecified atom stereocenters. The van der Waals surface area contributed by atoms with E-state index in [1.807, 2.05) is 60.7 Å². The lowest BCUT2D eigenvalue weighted by Gasteiger charge is -2.37. The predicted octanol–water partition coefficient (Wildman–Crippen LogP) is 4.18. The molecule has 5 nitrogen and oxygen atoms in total. The van der Waals surface area contributed by atoms with Gasteiger partial charge in [-0.25, -0.2) is 12.7 Å². The van der Waals surface area contributed by atoms with Gasteiger partial charge in [-0.05, 0) is 41.7 Å². The summed E-state index contributed by atoms with van der Waals surface area (Å²) in [6.45, 7) is 4.66. The number of sulfonamides is 1. The molecule has 32 heavy (non-hydrogen) atoms. The van der Waals surface area contributed by atoms with Gasteiger partial charge in [-0.2, -0.15) is 0 Å². The van der Waals surface area contributed by atoms with Crippen LogP contribution in [0.1, 0.15) is 44.2 Å². The average molecular weight is 454 g/mol. The molecule has 0 radical (unpaired) electrons. The van der Waals surface area contributed by atoms with E-state index in [0.29, 0.717) is 12.3 Å². The highest BCUT2D eigenvalue weighted by Gasteiger charge is 2.72. The number of hydrogen-bond acceptors (Lipinski definition) is 4. The number of benzene rings is 2. The summed E-state index contributed by atoms with van der Waals surface area (Å²) < 4.78 is 34.1. The molecule has 3 aliphatic rings. The van der Waals surface area contributed by atoms with Crippen molar-refractivity contribution in [2.75, 3.05) is 5.75 Å². The highest BCUT2D eigenvalue weighted by molar-refractivity contribution is 7.90. The van der Waals surface area contributed by atoms with Crippen LogP contribution in [0.25, 0.3) is 0 Å². The maximum absolute atomic E-state index is 13.8. The van der Waals surface area contributed by atoms with E-state index in [1.165, 1.54) is 4.31 Å². The van der Waals surface area contributed by atoms with E-state index in [9.17, 15) is 13.2 Å². The quantitative estimate of drug-likeness (QED) is 0.658. The van der Waals surface area contributed by atoms with Gasteiger partial charge in [0.1, 0.15) is 6.10 Å². The minimum absolute atomic E-state index is 0.0699. The van der Waals surface area contributed by atoms with Gasteiger partial charge in [-0.1, -0.05) is 74.5 Å². The van der Waals surface area contributed by atoms with Crippen LogP contribution in [-0.2, 0) is 32.6 Å². The summed E-state index contributed by atoms with van der Waals surface area (Å²) in [5.74, 6) is 0.141. The SMILES string of the molecule is CC1(C)C2CCC13CS(=O)(=O)N(C(=O)[C@H](Cc1ccccc1)OCc1ccccc1)C3C2. The molecule has 3 fully saturated rings. The molecular weight excluding hydrogens is 422 g/mol. The van der Waals surface area contributed by atoms with Gasteiger partial charge in [0, 0.05) is 11.8 Å². The van der Waals surface area contributed by atoms with Gasteiger partial charge in [0.05, 0.1) is 18.4 Å². The minimum atomic E-state index is -3.68. The summed E-state index contributed by atoms with van der Waals surface area (Å²) in [4.78, 5) is 13.8. The lowest BCUT2D eigenvalue weighted by molar-refractivity contribution is -0.142. The van der Waals surface area contributed by atoms with Crippen molar-refractivity contribution in [2.45, 2.75) is 58.3 Å². The average Bonchev–Trinajstić information content (AvgIpc) is 3.25. The molecule has 0 aromatic heterocycles. The fourth-order valence-electron chi connectivity index (χ4n) is 6.54. The van der Waals surface area contributed by atoms with E-state index >= 15 is 0 Å². The van der Waals surface area contributed by atoms with E-state index in [1.54, 1.807) is 0 Å². The van der Waals surface area contributed by atoms with Crippen LogP contribution in [0.15, 0.2) is 60.7 Å². The van der Waals surface area contributed by atoms with Crippen molar-refractivity contribution in [3.63, 3.8) is 0 Å². The van der Waals surface area contributed by atoms with Crippen molar-refractivity contribution in [1.82, 2.24) is 4.31 Å². The van der Waals surface area contributed by atoms with Crippen LogP contribution in [0, 0.1) is 16.7 Å². The number of fused-ring (bicyclic) bond motifs is 1. The fourth-order valence-corrected chi connectivity index (χ4v) is 9.10. The van der Waals surface area contributed by atoms with Crippen molar-refractivity contribution >= 4 is 15.9 Å². The summed E-state index contributed by atoms with van der Waals surface area (Å²) in [7, 11) is -3.68. The molecular formula is C26H31NO4S. The third-order valence-corrected chi connectivity index (χ3v) is 10.4. The molecule has 5 rings (SSSR count). The van der Waals surface area contributed by atoms with Crippen molar-refractivity contribution in [1.29, 1.82) is 0 Å². The second-order valence-electron chi connectivity index (χ2n) is 10.2. The molecule has 1 saturated heterocycles. The molecule has 0 N–H and O–H groups in total. The Morgan fingerprint density at radius 1 is 1.06 bits per heavy atom. The van der Waals surface area contributed by atoms with E-state index in [2.05, 4.69) is 13.8 Å². The van der Waals surface area contributed by atoms with Gasteiger partial charge in [0.2, 0.25) is 10.0 Å². The van der Waals surface area contributed by atoms with Crippen molar-refractivity contribution in [2.24, 2.45) is 16.7 Å². The molecule has 1 aliphatic heterocycles. The van der Waals surface area contributed by atoms with Crippen molar-refractivity contribution < 1.29 is 17.9 Å². The maximum atomic E-state index is 13.8. The monoisotopic (exact) mass is 453 g/mol. The summed E-state index contributed by atoms with van der Waals surface area (Å²) in [5, 5.41) is 0. The molecule has 1 spiro atoms. The molecule has 6 heteroatoms. The van der Waals surface area contributed by atoms with Gasteiger partial charge >= 0.3 is 0 Å². The van der Waals surface area contributed by atoms with Crippen molar-refractivity contribution in [3.05, 3.63) is 71.8 Å². The maximum Gasteiger partial charge on any atom is 0.265 e. The van der Waals surface area contributed by atoms with Gasteiger partial charge < -0.3 is 4.74 Å². The zero-order valence-corrected chi connectivity index (χ0v) is 19.6. The normalized spacial score (nSPS) is 30.2. The first kappa shape index (κ1) is 21.7. The Morgan fingerprint density at radius 3 is 2.31 bits per heavy atom. The number of carbonyl (C=O) groups is 1. The summed E-state index contributed by atoms with van der Waals surface area (Å²) >= 11 is 0. The lowest BCUT2D eigenvalue weighted by Crippen LogP contribution is -2.49. The second kappa shape index (κ2) is 7.70. The Labute approximate surface area is 190 Å². The molecule has 2 aromatic carbocycles. The number of ether oxygens (including phenoxy) is 1. The zero-order valence-electron chi connectivity index (χ0n) is 18.7. The van der Waals surface area contributed by atoms with Gasteiger partial charge in [0.15, 0.2) is 0 Å². The smallest absolute Gasteiger partial charge is 0.265 e. The van der Waals surface area contributed by atoms with Gasteiger partial charge in [0.25, 0.3) is 5.91 Å². The largest absolute Gasteiger partial charge is 0.363 e.